The standard InChI is InChI=1S/C67H89NO2Si2/c1-40(2)71(41(3)4,42(5)6)52-30-58(64(69)60(32-52)66-34-46-24-47(35-66)26-48(25-46)36-66)54-18-13-15-20-56(54)62-22-17-23-63(68-62)57-21-16-14-19-55(57)59-31-53(72(43(7)8,44(9)10)45(11)12)33-61(65(59)70)67-37-49-27-50(38-67)29-51(28-49)39-67/h13-23,30-33,40-51,69-70H,24-29,34-39H2,1-12H3. The molecule has 0 unspecified atom stereocenters. The topological polar surface area (TPSA) is 53.4 Å². The number of hydrogen-bond acceptors (Lipinski definition) is 3. The van der Waals surface area contributed by atoms with Crippen LogP contribution in [0.25, 0.3) is 44.8 Å². The van der Waals surface area contributed by atoms with Crippen molar-refractivity contribution in [2.75, 3.05) is 0 Å². The SMILES string of the molecule is CC(C)[Si](c1cc(-c2ccccc2-c2cccc(-c3ccccc3-c3cc([Si](C(C)C)(C(C)C)C(C)C)cc(C45CC6CC(CC(C6)C4)C5)c3O)n2)c(O)c(C23CC4CC(CC(C4)C2)C3)c1)(C(C)C)C(C)C. The van der Waals surface area contributed by atoms with Crippen LogP contribution in [0.1, 0.15) is 171 Å². The van der Waals surface area contributed by atoms with Crippen molar-refractivity contribution in [2.45, 2.75) is 204 Å². The molecule has 8 aliphatic carbocycles. The number of phenolic OH excluding ortho intramolecular Hbond substituents is 2. The molecule has 5 aromatic rings. The van der Waals surface area contributed by atoms with Crippen LogP contribution in [0, 0.1) is 35.5 Å². The fourth-order valence-corrected chi connectivity index (χ4v) is 34.1. The molecule has 0 aliphatic heterocycles. The fourth-order valence-electron chi connectivity index (χ4n) is 20.5. The maximum Gasteiger partial charge on any atom is 0.127 e. The molecule has 4 aromatic carbocycles. The van der Waals surface area contributed by atoms with Crippen molar-refractivity contribution in [2.24, 2.45) is 35.5 Å². The second-order valence-corrected chi connectivity index (χ2v) is 39.3. The molecule has 0 amide bonds. The van der Waals surface area contributed by atoms with Crippen LogP contribution in [0.3, 0.4) is 0 Å². The van der Waals surface area contributed by atoms with E-state index >= 15 is 0 Å². The first kappa shape index (κ1) is 50.2. The number of aromatic nitrogens is 1. The maximum atomic E-state index is 13.1. The van der Waals surface area contributed by atoms with Gasteiger partial charge >= 0.3 is 0 Å². The molecule has 8 aliphatic rings. The lowest BCUT2D eigenvalue weighted by Crippen LogP contribution is -2.56. The minimum Gasteiger partial charge on any atom is -0.507 e. The average molecular weight is 997 g/mol. The third-order valence-corrected chi connectivity index (χ3v) is 35.9. The third kappa shape index (κ3) is 7.74. The normalized spacial score (nSPS) is 27.8. The molecular weight excluding hydrogens is 907 g/mol. The molecule has 0 atom stereocenters. The van der Waals surface area contributed by atoms with E-state index in [9.17, 15) is 10.2 Å². The second-order valence-electron chi connectivity index (χ2n) is 27.5. The van der Waals surface area contributed by atoms with Gasteiger partial charge in [-0.05, 0) is 180 Å². The largest absolute Gasteiger partial charge is 0.507 e. The number of benzene rings is 4. The zero-order chi connectivity index (χ0) is 50.8. The number of aromatic hydroxyl groups is 2. The van der Waals surface area contributed by atoms with E-state index < -0.39 is 16.1 Å². The minimum atomic E-state index is -2.13. The van der Waals surface area contributed by atoms with Gasteiger partial charge in [0.05, 0.1) is 27.5 Å². The Morgan fingerprint density at radius 1 is 0.375 bits per heavy atom. The van der Waals surface area contributed by atoms with Crippen LogP contribution in [-0.2, 0) is 10.8 Å². The van der Waals surface area contributed by atoms with Crippen molar-refractivity contribution in [3.8, 4) is 56.3 Å². The van der Waals surface area contributed by atoms with Gasteiger partial charge in [-0.1, -0.05) is 172 Å². The molecule has 0 saturated heterocycles. The number of phenols is 2. The summed E-state index contributed by atoms with van der Waals surface area (Å²) >= 11 is 0. The van der Waals surface area contributed by atoms with Crippen LogP contribution in [0.15, 0.2) is 91.0 Å². The predicted molar refractivity (Wildman–Crippen MR) is 310 cm³/mol. The quantitative estimate of drug-likeness (QED) is 0.109. The highest BCUT2D eigenvalue weighted by atomic mass is 28.3. The van der Waals surface area contributed by atoms with Crippen LogP contribution in [-0.4, -0.2) is 31.3 Å². The summed E-state index contributed by atoms with van der Waals surface area (Å²) < 4.78 is 0. The van der Waals surface area contributed by atoms with Crippen molar-refractivity contribution in [1.82, 2.24) is 4.98 Å². The van der Waals surface area contributed by atoms with E-state index in [1.807, 2.05) is 0 Å². The first-order valence-electron chi connectivity index (χ1n) is 29.2. The van der Waals surface area contributed by atoms with Gasteiger partial charge in [0, 0.05) is 33.4 Å². The Hall–Kier alpha value is -3.94. The van der Waals surface area contributed by atoms with E-state index in [4.69, 9.17) is 4.98 Å². The zero-order valence-corrected chi connectivity index (χ0v) is 48.4. The van der Waals surface area contributed by atoms with Gasteiger partial charge in [0.15, 0.2) is 0 Å². The Kier molecular flexibility index (Phi) is 12.8. The third-order valence-electron chi connectivity index (χ3n) is 21.9. The van der Waals surface area contributed by atoms with Crippen LogP contribution >= 0.6 is 0 Å². The first-order chi connectivity index (χ1) is 34.3. The predicted octanol–water partition coefficient (Wildman–Crippen LogP) is 17.9. The van der Waals surface area contributed by atoms with Gasteiger partial charge in [0.1, 0.15) is 11.5 Å². The van der Waals surface area contributed by atoms with E-state index in [2.05, 4.69) is 174 Å². The van der Waals surface area contributed by atoms with E-state index in [0.29, 0.717) is 44.7 Å². The van der Waals surface area contributed by atoms with Crippen LogP contribution in [0.5, 0.6) is 11.5 Å². The summed E-state index contributed by atoms with van der Waals surface area (Å²) in [6.45, 7) is 29.9. The number of rotatable bonds is 14. The highest BCUT2D eigenvalue weighted by Gasteiger charge is 2.56. The lowest BCUT2D eigenvalue weighted by molar-refractivity contribution is -0.00621. The lowest BCUT2D eigenvalue weighted by Gasteiger charge is -2.57. The molecule has 8 fully saturated rings. The molecule has 5 heteroatoms. The Morgan fingerprint density at radius 2 is 0.653 bits per heavy atom. The summed E-state index contributed by atoms with van der Waals surface area (Å²) in [5.74, 6) is 5.73. The van der Waals surface area contributed by atoms with E-state index in [-0.39, 0.29) is 10.8 Å². The Balaban J connectivity index is 1.08. The zero-order valence-electron chi connectivity index (χ0n) is 46.4. The Morgan fingerprint density at radius 3 is 0.931 bits per heavy atom. The molecule has 1 heterocycles. The van der Waals surface area contributed by atoms with Gasteiger partial charge < -0.3 is 10.2 Å². The number of hydrogen-bond donors (Lipinski definition) is 2. The highest BCUT2D eigenvalue weighted by Crippen LogP contribution is 2.64. The molecule has 8 bridgehead atoms. The second kappa shape index (κ2) is 18.4. The summed E-state index contributed by atoms with van der Waals surface area (Å²) in [6, 6.07) is 34.3. The highest BCUT2D eigenvalue weighted by molar-refractivity contribution is 6.95. The molecule has 13 rings (SSSR count). The van der Waals surface area contributed by atoms with E-state index in [0.717, 1.165) is 80.3 Å². The van der Waals surface area contributed by atoms with E-state index in [1.165, 1.54) is 98.6 Å². The van der Waals surface area contributed by atoms with Gasteiger partial charge in [0.25, 0.3) is 0 Å². The number of pyridine rings is 1. The molecule has 1 aromatic heterocycles. The van der Waals surface area contributed by atoms with Crippen molar-refractivity contribution in [3.63, 3.8) is 0 Å². The average Bonchev–Trinajstić information content (AvgIpc) is 3.31. The summed E-state index contributed by atoms with van der Waals surface area (Å²) in [7, 11) is -4.27. The molecule has 382 valence electrons. The van der Waals surface area contributed by atoms with Crippen molar-refractivity contribution < 1.29 is 10.2 Å². The van der Waals surface area contributed by atoms with E-state index in [1.54, 1.807) is 0 Å². The summed E-state index contributed by atoms with van der Waals surface area (Å²) in [4.78, 5) is 5.66. The molecule has 2 N–H and O–H groups in total. The van der Waals surface area contributed by atoms with Gasteiger partial charge in [-0.3, -0.25) is 0 Å². The Labute approximate surface area is 437 Å². The van der Waals surface area contributed by atoms with Gasteiger partial charge in [-0.25, -0.2) is 4.98 Å². The maximum absolute atomic E-state index is 13.1. The molecule has 3 nitrogen and oxygen atoms in total. The van der Waals surface area contributed by atoms with Crippen LogP contribution in [0.4, 0.5) is 0 Å². The monoisotopic (exact) mass is 996 g/mol. The summed E-state index contributed by atoms with van der Waals surface area (Å²) in [6.07, 6.45) is 15.6. The number of nitrogens with zero attached hydrogens (tertiary/aromatic N) is 1. The minimum absolute atomic E-state index is 0.0472. The molecule has 0 spiro atoms. The van der Waals surface area contributed by atoms with Crippen molar-refractivity contribution in [3.05, 3.63) is 102 Å². The molecule has 72 heavy (non-hydrogen) atoms. The smallest absolute Gasteiger partial charge is 0.127 e. The van der Waals surface area contributed by atoms with Crippen LogP contribution < -0.4 is 10.4 Å². The van der Waals surface area contributed by atoms with Gasteiger partial charge in [0.2, 0.25) is 0 Å². The van der Waals surface area contributed by atoms with Crippen molar-refractivity contribution in [1.29, 1.82) is 0 Å². The van der Waals surface area contributed by atoms with Crippen LogP contribution in [0.2, 0.25) is 33.2 Å². The molecule has 0 radical (unpaired) electrons. The van der Waals surface area contributed by atoms with Gasteiger partial charge in [-0.2, -0.15) is 0 Å². The summed E-state index contributed by atoms with van der Waals surface area (Å²) in [5, 5.41) is 29.3. The molecule has 8 saturated carbocycles. The lowest BCUT2D eigenvalue weighted by atomic mass is 9.48. The summed E-state index contributed by atoms with van der Waals surface area (Å²) in [5.41, 5.74) is 14.0. The molecular formula is C67H89NO2Si2. The first-order valence-corrected chi connectivity index (χ1v) is 33.7. The Bertz CT molecular complexity index is 2550. The van der Waals surface area contributed by atoms with Crippen molar-refractivity contribution >= 4 is 26.5 Å². The van der Waals surface area contributed by atoms with Gasteiger partial charge in [-0.15, -0.1) is 0 Å². The fraction of sp³-hybridized carbons (Fsp3) is 0.567.